The minimum Gasteiger partial charge on any atom is -0.466 e. The van der Waals surface area contributed by atoms with Gasteiger partial charge in [0.15, 0.2) is 8.32 Å². The maximum atomic E-state index is 6.50. The molecule has 0 radical (unpaired) electrons. The fourth-order valence-electron chi connectivity index (χ4n) is 1.97. The Morgan fingerprint density at radius 1 is 1.16 bits per heavy atom. The van der Waals surface area contributed by atoms with Crippen LogP contribution in [0.15, 0.2) is 16.5 Å². The zero-order chi connectivity index (χ0) is 18.9. The predicted molar refractivity (Wildman–Crippen MR) is 106 cm³/mol. The monoisotopic (exact) mass is 360 g/mol. The van der Waals surface area contributed by atoms with Crippen LogP contribution in [0.5, 0.6) is 0 Å². The van der Waals surface area contributed by atoms with Crippen LogP contribution in [0.4, 0.5) is 0 Å². The summed E-state index contributed by atoms with van der Waals surface area (Å²) in [6, 6.07) is 4.02. The second-order valence-corrected chi connectivity index (χ2v) is 12.4. The maximum Gasteiger partial charge on any atom is 0.193 e. The van der Waals surface area contributed by atoms with Gasteiger partial charge in [-0.25, -0.2) is 0 Å². The third-order valence-corrected chi connectivity index (χ3v) is 8.97. The lowest BCUT2D eigenvalue weighted by Crippen LogP contribution is -2.43. The summed E-state index contributed by atoms with van der Waals surface area (Å²) in [4.78, 5) is 0. The molecule has 1 atom stereocenters. The van der Waals surface area contributed by atoms with Crippen molar-refractivity contribution in [2.24, 2.45) is 0 Å². The molecule has 1 unspecified atom stereocenters. The topological polar surface area (TPSA) is 31.6 Å². The Hall–Kier alpha value is -1.46. The van der Waals surface area contributed by atoms with Crippen LogP contribution in [-0.4, -0.2) is 27.6 Å². The van der Waals surface area contributed by atoms with E-state index in [0.29, 0.717) is 13.2 Å². The van der Waals surface area contributed by atoms with Gasteiger partial charge in [0.1, 0.15) is 30.8 Å². The zero-order valence-electron chi connectivity index (χ0n) is 16.8. The fraction of sp³-hybridized carbons (Fsp3) is 0.619. The van der Waals surface area contributed by atoms with E-state index in [1.807, 2.05) is 19.1 Å². The smallest absolute Gasteiger partial charge is 0.193 e. The molecule has 1 heterocycles. The van der Waals surface area contributed by atoms with Crippen molar-refractivity contribution < 1.29 is 13.6 Å². The van der Waals surface area contributed by atoms with Gasteiger partial charge >= 0.3 is 0 Å². The van der Waals surface area contributed by atoms with Gasteiger partial charge in [-0.2, -0.15) is 0 Å². The Morgan fingerprint density at radius 3 is 2.40 bits per heavy atom. The molecular formula is C21H32O3Si. The molecule has 3 nitrogen and oxygen atoms in total. The molecule has 25 heavy (non-hydrogen) atoms. The van der Waals surface area contributed by atoms with Crippen LogP contribution in [0.1, 0.15) is 45.6 Å². The van der Waals surface area contributed by atoms with E-state index in [9.17, 15) is 0 Å². The van der Waals surface area contributed by atoms with E-state index in [2.05, 4.69) is 57.5 Å². The van der Waals surface area contributed by atoms with E-state index in [0.717, 1.165) is 24.4 Å². The lowest BCUT2D eigenvalue weighted by Gasteiger charge is -2.38. The van der Waals surface area contributed by atoms with Gasteiger partial charge in [-0.15, -0.1) is 5.92 Å². The molecule has 0 saturated heterocycles. The number of hydrogen-bond donors (Lipinski definition) is 0. The van der Waals surface area contributed by atoms with Crippen molar-refractivity contribution in [2.75, 3.05) is 13.2 Å². The van der Waals surface area contributed by atoms with Gasteiger partial charge in [-0.3, -0.25) is 0 Å². The minimum atomic E-state index is -1.88. The van der Waals surface area contributed by atoms with Gasteiger partial charge in [0.25, 0.3) is 0 Å². The Balaban J connectivity index is 2.71. The molecule has 0 saturated carbocycles. The molecule has 1 rings (SSSR count). The van der Waals surface area contributed by atoms with Crippen LogP contribution in [-0.2, 0) is 15.6 Å². The summed E-state index contributed by atoms with van der Waals surface area (Å²) >= 11 is 0. The van der Waals surface area contributed by atoms with Crippen LogP contribution in [0, 0.1) is 30.6 Å². The maximum absolute atomic E-state index is 6.50. The molecular weight excluding hydrogens is 328 g/mol. The average Bonchev–Trinajstić information content (AvgIpc) is 2.92. The molecule has 0 aromatic carbocycles. The molecule has 0 N–H and O–H groups in total. The molecule has 138 valence electrons. The second-order valence-electron chi connectivity index (χ2n) is 7.66. The first-order valence-electron chi connectivity index (χ1n) is 8.84. The Morgan fingerprint density at radius 2 is 1.84 bits per heavy atom. The predicted octanol–water partition coefficient (Wildman–Crippen LogP) is 4.95. The highest BCUT2D eigenvalue weighted by Gasteiger charge is 2.38. The highest BCUT2D eigenvalue weighted by molar-refractivity contribution is 6.74. The summed E-state index contributed by atoms with van der Waals surface area (Å²) in [6.07, 6.45) is 1.54. The van der Waals surface area contributed by atoms with E-state index < -0.39 is 8.32 Å². The van der Waals surface area contributed by atoms with Crippen molar-refractivity contribution in [2.45, 2.75) is 71.7 Å². The van der Waals surface area contributed by atoms with Crippen LogP contribution >= 0.6 is 0 Å². The first kappa shape index (κ1) is 21.6. The summed E-state index contributed by atoms with van der Waals surface area (Å²) in [5.41, 5.74) is 0. The van der Waals surface area contributed by atoms with Crippen molar-refractivity contribution in [3.8, 4) is 23.7 Å². The van der Waals surface area contributed by atoms with Crippen molar-refractivity contribution in [1.82, 2.24) is 0 Å². The highest BCUT2D eigenvalue weighted by Crippen LogP contribution is 2.37. The standard InChI is InChI=1S/C21H32O3Si/c1-8-9-16-22-17-10-11-20(24-25(6,7)21(3,4)5)15-14-19-13-12-18(2)23-19/h12-13,20H,14-17H2,1-7H3. The third-order valence-electron chi connectivity index (χ3n) is 4.48. The summed E-state index contributed by atoms with van der Waals surface area (Å²) in [6.45, 7) is 15.8. The molecule has 1 aromatic heterocycles. The molecule has 0 bridgehead atoms. The molecule has 1 aromatic rings. The van der Waals surface area contributed by atoms with E-state index in [1.54, 1.807) is 6.92 Å². The first-order valence-corrected chi connectivity index (χ1v) is 11.8. The van der Waals surface area contributed by atoms with Crippen molar-refractivity contribution in [3.63, 3.8) is 0 Å². The summed E-state index contributed by atoms with van der Waals surface area (Å²) < 4.78 is 17.5. The number of hydrogen-bond acceptors (Lipinski definition) is 3. The molecule has 0 amide bonds. The number of furan rings is 1. The van der Waals surface area contributed by atoms with E-state index in [1.165, 1.54) is 0 Å². The Bertz CT molecular complexity index is 644. The van der Waals surface area contributed by atoms with Gasteiger partial charge in [-0.05, 0) is 50.5 Å². The van der Waals surface area contributed by atoms with Crippen LogP contribution in [0.25, 0.3) is 0 Å². The normalized spacial score (nSPS) is 12.8. The largest absolute Gasteiger partial charge is 0.466 e. The van der Waals surface area contributed by atoms with Crippen molar-refractivity contribution in [3.05, 3.63) is 23.7 Å². The first-order chi connectivity index (χ1) is 11.7. The third kappa shape index (κ3) is 7.97. The van der Waals surface area contributed by atoms with Gasteiger partial charge in [0.2, 0.25) is 0 Å². The minimum absolute atomic E-state index is 0.104. The molecule has 0 fully saturated rings. The molecule has 0 aliphatic rings. The Kier molecular flexibility index (Phi) is 8.52. The van der Waals surface area contributed by atoms with Gasteiger partial charge in [-0.1, -0.05) is 38.5 Å². The quantitative estimate of drug-likeness (QED) is 0.391. The number of aryl methyl sites for hydroxylation is 2. The van der Waals surface area contributed by atoms with E-state index in [4.69, 9.17) is 13.6 Å². The van der Waals surface area contributed by atoms with Crippen LogP contribution in [0.2, 0.25) is 18.1 Å². The molecule has 4 heteroatoms. The number of ether oxygens (including phenoxy) is 1. The SMILES string of the molecule is CC#CCOCC#CC(CCc1ccc(C)o1)O[Si](C)(C)C(C)(C)C. The van der Waals surface area contributed by atoms with Crippen molar-refractivity contribution in [1.29, 1.82) is 0 Å². The summed E-state index contributed by atoms with van der Waals surface area (Å²) in [7, 11) is -1.88. The van der Waals surface area contributed by atoms with Crippen molar-refractivity contribution >= 4 is 8.32 Å². The zero-order valence-corrected chi connectivity index (χ0v) is 17.8. The second kappa shape index (κ2) is 9.87. The van der Waals surface area contributed by atoms with Gasteiger partial charge < -0.3 is 13.6 Å². The van der Waals surface area contributed by atoms with Gasteiger partial charge in [0.05, 0.1) is 0 Å². The van der Waals surface area contributed by atoms with Crippen LogP contribution in [0.3, 0.4) is 0 Å². The summed E-state index contributed by atoms with van der Waals surface area (Å²) in [5, 5.41) is 0.154. The lowest BCUT2D eigenvalue weighted by molar-refractivity contribution is 0.202. The molecule has 0 spiro atoms. The number of rotatable bonds is 7. The summed E-state index contributed by atoms with van der Waals surface area (Å²) in [5.74, 6) is 13.9. The lowest BCUT2D eigenvalue weighted by atomic mass is 10.2. The highest BCUT2D eigenvalue weighted by atomic mass is 28.4. The van der Waals surface area contributed by atoms with E-state index >= 15 is 0 Å². The molecule has 0 aliphatic carbocycles. The molecule has 0 aliphatic heterocycles. The average molecular weight is 361 g/mol. The van der Waals surface area contributed by atoms with Gasteiger partial charge in [0, 0.05) is 6.42 Å². The fourth-order valence-corrected chi connectivity index (χ4v) is 3.21. The van der Waals surface area contributed by atoms with Crippen LogP contribution < -0.4 is 0 Å². The van der Waals surface area contributed by atoms with E-state index in [-0.39, 0.29) is 11.1 Å². The Labute approximate surface area is 154 Å².